The largest absolute Gasteiger partial charge is 0.464 e. The van der Waals surface area contributed by atoms with E-state index in [1.807, 2.05) is 24.1 Å². The van der Waals surface area contributed by atoms with Crippen molar-refractivity contribution >= 4 is 17.7 Å². The van der Waals surface area contributed by atoms with E-state index in [0.717, 1.165) is 68.1 Å². The Morgan fingerprint density at radius 2 is 1.97 bits per heavy atom. The van der Waals surface area contributed by atoms with Crippen LogP contribution in [0.25, 0.3) is 11.1 Å². The smallest absolute Gasteiger partial charge is 0.354 e. The Hall–Kier alpha value is -2.87. The number of hydrogen-bond donors (Lipinski definition) is 2. The molecule has 1 amide bonds. The van der Waals surface area contributed by atoms with Gasteiger partial charge in [-0.05, 0) is 56.1 Å². The molecule has 0 atom stereocenters. The zero-order chi connectivity index (χ0) is 23.1. The lowest BCUT2D eigenvalue weighted by Crippen LogP contribution is -2.43. The topological polar surface area (TPSA) is 90.6 Å². The average Bonchev–Trinajstić information content (AvgIpc) is 3.31. The first kappa shape index (κ1) is 23.8. The minimum absolute atomic E-state index is 0.250. The summed E-state index contributed by atoms with van der Waals surface area (Å²) < 4.78 is 4.78. The molecule has 0 saturated carbocycles. The summed E-state index contributed by atoms with van der Waals surface area (Å²) in [5, 5.41) is 3.53. The van der Waals surface area contributed by atoms with Crippen LogP contribution in [0, 0.1) is 6.92 Å². The molecule has 3 rings (SSSR count). The summed E-state index contributed by atoms with van der Waals surface area (Å²) in [6, 6.07) is 4.09. The van der Waals surface area contributed by atoms with E-state index in [0.29, 0.717) is 12.1 Å². The minimum atomic E-state index is -0.389. The summed E-state index contributed by atoms with van der Waals surface area (Å²) in [6.45, 7) is 10.6. The van der Waals surface area contributed by atoms with Crippen molar-refractivity contribution in [3.05, 3.63) is 35.8 Å². The van der Waals surface area contributed by atoms with Crippen molar-refractivity contribution in [2.45, 2.75) is 46.1 Å². The molecule has 174 valence electrons. The van der Waals surface area contributed by atoms with Crippen molar-refractivity contribution in [2.75, 3.05) is 45.2 Å². The zero-order valence-electron chi connectivity index (χ0n) is 19.6. The number of nitrogens with zero attached hydrogens (tertiary/aromatic N) is 3. The number of amides is 1. The molecule has 0 aromatic carbocycles. The van der Waals surface area contributed by atoms with Gasteiger partial charge in [-0.2, -0.15) is 0 Å². The molecule has 0 bridgehead atoms. The number of ether oxygens (including phenoxy) is 1. The molecule has 1 aliphatic rings. The van der Waals surface area contributed by atoms with Gasteiger partial charge in [0.05, 0.1) is 7.11 Å². The predicted octanol–water partition coefficient (Wildman–Crippen LogP) is 3.31. The molecule has 3 heterocycles. The van der Waals surface area contributed by atoms with E-state index in [9.17, 15) is 9.59 Å². The normalized spacial score (nSPS) is 14.6. The number of rotatable bonds is 9. The van der Waals surface area contributed by atoms with Crippen molar-refractivity contribution < 1.29 is 14.3 Å². The number of anilines is 1. The molecule has 8 heteroatoms. The molecule has 32 heavy (non-hydrogen) atoms. The molecule has 1 saturated heterocycles. The SMILES string of the molecule is CCN(CC)CCC(=O)N1CCC(Nc2cc(-c3c[nH]c(C(=O)OC)c3)c(C)cn2)CC1. The summed E-state index contributed by atoms with van der Waals surface area (Å²) in [5.41, 5.74) is 3.38. The zero-order valence-corrected chi connectivity index (χ0v) is 19.6. The molecule has 0 unspecified atom stereocenters. The summed E-state index contributed by atoms with van der Waals surface area (Å²) in [7, 11) is 1.37. The third-order valence-electron chi connectivity index (χ3n) is 6.24. The third kappa shape index (κ3) is 5.88. The van der Waals surface area contributed by atoms with E-state index in [2.05, 4.69) is 34.0 Å². The molecule has 1 aliphatic heterocycles. The molecule has 1 fully saturated rings. The maximum atomic E-state index is 12.5. The van der Waals surface area contributed by atoms with Crippen LogP contribution in [0.3, 0.4) is 0 Å². The Bertz CT molecular complexity index is 914. The van der Waals surface area contributed by atoms with Crippen LogP contribution in [0.5, 0.6) is 0 Å². The van der Waals surface area contributed by atoms with Gasteiger partial charge in [0.15, 0.2) is 0 Å². The fraction of sp³-hybridized carbons (Fsp3) is 0.542. The van der Waals surface area contributed by atoms with Crippen molar-refractivity contribution in [1.82, 2.24) is 19.8 Å². The van der Waals surface area contributed by atoms with E-state index in [-0.39, 0.29) is 17.9 Å². The summed E-state index contributed by atoms with van der Waals surface area (Å²) in [6.07, 6.45) is 6.04. The summed E-state index contributed by atoms with van der Waals surface area (Å²) in [4.78, 5) is 36.1. The lowest BCUT2D eigenvalue weighted by atomic mass is 10.0. The number of aryl methyl sites for hydroxylation is 1. The maximum Gasteiger partial charge on any atom is 0.354 e. The quantitative estimate of drug-likeness (QED) is 0.580. The molecule has 0 spiro atoms. The Labute approximate surface area is 190 Å². The van der Waals surface area contributed by atoms with Gasteiger partial charge in [0.1, 0.15) is 11.5 Å². The summed E-state index contributed by atoms with van der Waals surface area (Å²) in [5.74, 6) is 0.664. The highest BCUT2D eigenvalue weighted by Crippen LogP contribution is 2.27. The van der Waals surface area contributed by atoms with Gasteiger partial charge < -0.3 is 24.8 Å². The van der Waals surface area contributed by atoms with Gasteiger partial charge in [-0.1, -0.05) is 13.8 Å². The first-order valence-corrected chi connectivity index (χ1v) is 11.5. The van der Waals surface area contributed by atoms with Crippen LogP contribution in [0.4, 0.5) is 5.82 Å². The highest BCUT2D eigenvalue weighted by Gasteiger charge is 2.23. The average molecular weight is 442 g/mol. The highest BCUT2D eigenvalue weighted by atomic mass is 16.5. The minimum Gasteiger partial charge on any atom is -0.464 e. The van der Waals surface area contributed by atoms with Crippen molar-refractivity contribution in [3.63, 3.8) is 0 Å². The van der Waals surface area contributed by atoms with Crippen LogP contribution in [0.2, 0.25) is 0 Å². The molecular weight excluding hydrogens is 406 g/mol. The van der Waals surface area contributed by atoms with Crippen molar-refractivity contribution in [1.29, 1.82) is 0 Å². The number of esters is 1. The van der Waals surface area contributed by atoms with Gasteiger partial charge in [-0.25, -0.2) is 9.78 Å². The van der Waals surface area contributed by atoms with E-state index >= 15 is 0 Å². The molecule has 0 aliphatic carbocycles. The first-order chi connectivity index (χ1) is 15.4. The van der Waals surface area contributed by atoms with Gasteiger partial charge in [-0.15, -0.1) is 0 Å². The van der Waals surface area contributed by atoms with Gasteiger partial charge in [0, 0.05) is 50.1 Å². The fourth-order valence-corrected chi connectivity index (χ4v) is 4.13. The number of aromatic nitrogens is 2. The summed E-state index contributed by atoms with van der Waals surface area (Å²) >= 11 is 0. The second-order valence-electron chi connectivity index (χ2n) is 8.25. The molecule has 0 radical (unpaired) electrons. The third-order valence-corrected chi connectivity index (χ3v) is 6.24. The number of pyridine rings is 1. The molecule has 8 nitrogen and oxygen atoms in total. The molecule has 2 aromatic heterocycles. The van der Waals surface area contributed by atoms with Crippen molar-refractivity contribution in [3.8, 4) is 11.1 Å². The van der Waals surface area contributed by atoms with E-state index < -0.39 is 0 Å². The van der Waals surface area contributed by atoms with Crippen molar-refractivity contribution in [2.24, 2.45) is 0 Å². The predicted molar refractivity (Wildman–Crippen MR) is 126 cm³/mol. The van der Waals surface area contributed by atoms with E-state index in [1.54, 1.807) is 12.3 Å². The van der Waals surface area contributed by atoms with Gasteiger partial charge in [0.25, 0.3) is 0 Å². The second-order valence-corrected chi connectivity index (χ2v) is 8.25. The number of carbonyl (C=O) groups excluding carboxylic acids is 2. The Morgan fingerprint density at radius 1 is 1.25 bits per heavy atom. The van der Waals surface area contributed by atoms with Crippen LogP contribution >= 0.6 is 0 Å². The Morgan fingerprint density at radius 3 is 2.62 bits per heavy atom. The van der Waals surface area contributed by atoms with E-state index in [4.69, 9.17) is 4.74 Å². The first-order valence-electron chi connectivity index (χ1n) is 11.5. The lowest BCUT2D eigenvalue weighted by Gasteiger charge is -2.33. The number of H-pyrrole nitrogens is 1. The number of likely N-dealkylation sites (tertiary alicyclic amines) is 1. The number of nitrogens with one attached hydrogen (secondary N) is 2. The number of carbonyl (C=O) groups is 2. The van der Waals surface area contributed by atoms with Crippen LogP contribution in [-0.4, -0.2) is 77.5 Å². The lowest BCUT2D eigenvalue weighted by molar-refractivity contribution is -0.132. The fourth-order valence-electron chi connectivity index (χ4n) is 4.13. The highest BCUT2D eigenvalue weighted by molar-refractivity contribution is 5.89. The number of piperidine rings is 1. The second kappa shape index (κ2) is 11.1. The number of aromatic amines is 1. The van der Waals surface area contributed by atoms with Crippen LogP contribution < -0.4 is 5.32 Å². The Kier molecular flexibility index (Phi) is 8.27. The van der Waals surface area contributed by atoms with Crippen LogP contribution in [0.1, 0.15) is 49.2 Å². The van der Waals surface area contributed by atoms with Gasteiger partial charge in [0.2, 0.25) is 5.91 Å². The monoisotopic (exact) mass is 441 g/mol. The number of methoxy groups -OCH3 is 1. The Balaban J connectivity index is 1.56. The van der Waals surface area contributed by atoms with Crippen LogP contribution in [-0.2, 0) is 9.53 Å². The van der Waals surface area contributed by atoms with Gasteiger partial charge >= 0.3 is 5.97 Å². The molecular formula is C24H35N5O3. The standard InChI is InChI=1S/C24H35N5O3/c1-5-28(6-2)10-9-23(30)29-11-7-19(8-12-29)27-22-14-20(17(3)15-26-22)18-13-21(25-16-18)24(31)32-4/h13-16,19,25H,5-12H2,1-4H3,(H,26,27). The molecule has 2 N–H and O–H groups in total. The maximum absolute atomic E-state index is 12.5. The molecule has 2 aromatic rings. The van der Waals surface area contributed by atoms with Crippen LogP contribution in [0.15, 0.2) is 24.5 Å². The van der Waals surface area contributed by atoms with Gasteiger partial charge in [-0.3, -0.25) is 4.79 Å². The van der Waals surface area contributed by atoms with E-state index in [1.165, 1.54) is 7.11 Å². The number of hydrogen-bond acceptors (Lipinski definition) is 6.